The van der Waals surface area contributed by atoms with Crippen LogP contribution >= 0.6 is 0 Å². The third kappa shape index (κ3) is 1.85. The maximum atomic E-state index is 11.0. The minimum absolute atomic E-state index is 0.0103. The van der Waals surface area contributed by atoms with Crippen LogP contribution in [0.3, 0.4) is 0 Å². The number of rotatable bonds is 2. The Morgan fingerprint density at radius 1 is 1.38 bits per heavy atom. The zero-order valence-electron chi connectivity index (χ0n) is 7.15. The van der Waals surface area contributed by atoms with Gasteiger partial charge >= 0.3 is 11.9 Å². The summed E-state index contributed by atoms with van der Waals surface area (Å²) in [5, 5.41) is 8.69. The summed E-state index contributed by atoms with van der Waals surface area (Å²) in [7, 11) is 1.18. The zero-order chi connectivity index (χ0) is 10.0. The van der Waals surface area contributed by atoms with Crippen LogP contribution in [0, 0.1) is 11.8 Å². The average Bonchev–Trinajstić information content (AvgIpc) is 2.46. The first-order valence-electron chi connectivity index (χ1n) is 3.88. The molecule has 0 bridgehead atoms. The first-order chi connectivity index (χ1) is 6.06. The van der Waals surface area contributed by atoms with Crippen molar-refractivity contribution in [3.8, 4) is 0 Å². The lowest BCUT2D eigenvalue weighted by Crippen LogP contribution is -2.26. The second-order valence-corrected chi connectivity index (χ2v) is 3.02. The van der Waals surface area contributed by atoms with Gasteiger partial charge in [0.15, 0.2) is 0 Å². The third-order valence-corrected chi connectivity index (χ3v) is 2.20. The van der Waals surface area contributed by atoms with Crippen LogP contribution in [0.5, 0.6) is 0 Å². The van der Waals surface area contributed by atoms with Crippen LogP contribution in [0.15, 0.2) is 0 Å². The number of ketones is 1. The summed E-state index contributed by atoms with van der Waals surface area (Å²) in [6.07, 6.45) is -0.0707. The molecule has 0 saturated heterocycles. The van der Waals surface area contributed by atoms with E-state index in [-0.39, 0.29) is 18.6 Å². The number of methoxy groups -OCH3 is 1. The van der Waals surface area contributed by atoms with Gasteiger partial charge in [-0.1, -0.05) is 0 Å². The Morgan fingerprint density at radius 3 is 2.38 bits per heavy atom. The van der Waals surface area contributed by atoms with Crippen molar-refractivity contribution in [3.63, 3.8) is 0 Å². The molecule has 0 unspecified atom stereocenters. The molecule has 1 N–H and O–H groups in total. The molecule has 0 heterocycles. The summed E-state index contributed by atoms with van der Waals surface area (Å²) < 4.78 is 4.41. The van der Waals surface area contributed by atoms with Crippen LogP contribution in [0.4, 0.5) is 0 Å². The maximum absolute atomic E-state index is 11.0. The second kappa shape index (κ2) is 3.55. The molecule has 5 nitrogen and oxygen atoms in total. The van der Waals surface area contributed by atoms with Gasteiger partial charge in [0.25, 0.3) is 0 Å². The third-order valence-electron chi connectivity index (χ3n) is 2.20. The lowest BCUT2D eigenvalue weighted by Gasteiger charge is -2.11. The fourth-order valence-electron chi connectivity index (χ4n) is 1.52. The second-order valence-electron chi connectivity index (χ2n) is 3.02. The number of ether oxygens (including phenoxy) is 1. The number of hydrogen-bond donors (Lipinski definition) is 1. The first kappa shape index (κ1) is 9.70. The summed E-state index contributed by atoms with van der Waals surface area (Å²) in [6, 6.07) is 0. The van der Waals surface area contributed by atoms with Gasteiger partial charge in [0, 0.05) is 12.8 Å². The minimum atomic E-state index is -1.11. The molecule has 0 amide bonds. The molecule has 0 aromatic rings. The van der Waals surface area contributed by atoms with E-state index in [2.05, 4.69) is 4.74 Å². The van der Waals surface area contributed by atoms with E-state index in [9.17, 15) is 14.4 Å². The van der Waals surface area contributed by atoms with E-state index in [0.29, 0.717) is 0 Å². The van der Waals surface area contributed by atoms with Gasteiger partial charge < -0.3 is 9.84 Å². The standard InChI is InChI=1S/C8H10O5/c1-13-8(12)6-3-4(9)2-5(6)7(10)11/h5-6H,2-3H2,1H3,(H,10,11)/t5-,6+/m1/s1. The molecule has 0 aromatic heterocycles. The predicted octanol–water partition coefficient (Wildman–Crippen LogP) is -0.161. The van der Waals surface area contributed by atoms with E-state index in [0.717, 1.165) is 0 Å². The predicted molar refractivity (Wildman–Crippen MR) is 40.9 cm³/mol. The monoisotopic (exact) mass is 186 g/mol. The zero-order valence-corrected chi connectivity index (χ0v) is 7.15. The summed E-state index contributed by atoms with van der Waals surface area (Å²) >= 11 is 0. The van der Waals surface area contributed by atoms with E-state index in [1.165, 1.54) is 7.11 Å². The molecule has 72 valence electrons. The van der Waals surface area contributed by atoms with Gasteiger partial charge in [0.1, 0.15) is 5.78 Å². The van der Waals surface area contributed by atoms with Crippen LogP contribution in [0.1, 0.15) is 12.8 Å². The lowest BCUT2D eigenvalue weighted by atomic mass is 9.97. The molecule has 5 heteroatoms. The largest absolute Gasteiger partial charge is 0.481 e. The fraction of sp³-hybridized carbons (Fsp3) is 0.625. The van der Waals surface area contributed by atoms with Crippen molar-refractivity contribution < 1.29 is 24.2 Å². The van der Waals surface area contributed by atoms with E-state index in [1.807, 2.05) is 0 Å². The number of aliphatic carboxylic acids is 1. The average molecular weight is 186 g/mol. The van der Waals surface area contributed by atoms with Gasteiger partial charge in [-0.3, -0.25) is 14.4 Å². The topological polar surface area (TPSA) is 80.7 Å². The molecule has 1 rings (SSSR count). The quantitative estimate of drug-likeness (QED) is 0.606. The highest BCUT2D eigenvalue weighted by Crippen LogP contribution is 2.30. The highest BCUT2D eigenvalue weighted by Gasteiger charge is 2.42. The molecule has 1 saturated carbocycles. The number of carboxylic acids is 1. The lowest BCUT2D eigenvalue weighted by molar-refractivity contribution is -0.154. The number of carbonyl (C=O) groups excluding carboxylic acids is 2. The van der Waals surface area contributed by atoms with Crippen molar-refractivity contribution in [2.24, 2.45) is 11.8 Å². The van der Waals surface area contributed by atoms with Crippen molar-refractivity contribution in [2.45, 2.75) is 12.8 Å². The minimum Gasteiger partial charge on any atom is -0.481 e. The fourth-order valence-corrected chi connectivity index (χ4v) is 1.52. The molecule has 1 aliphatic carbocycles. The van der Waals surface area contributed by atoms with Gasteiger partial charge in [-0.25, -0.2) is 0 Å². The summed E-state index contributed by atoms with van der Waals surface area (Å²) in [4.78, 5) is 32.6. The van der Waals surface area contributed by atoms with Gasteiger partial charge in [0.2, 0.25) is 0 Å². The smallest absolute Gasteiger partial charge is 0.309 e. The van der Waals surface area contributed by atoms with Crippen molar-refractivity contribution in [2.75, 3.05) is 7.11 Å². The van der Waals surface area contributed by atoms with E-state index in [4.69, 9.17) is 5.11 Å². The number of carboxylic acid groups (broad SMARTS) is 1. The van der Waals surface area contributed by atoms with E-state index < -0.39 is 23.8 Å². The molecule has 2 atom stereocenters. The van der Waals surface area contributed by atoms with Crippen LogP contribution in [-0.4, -0.2) is 29.9 Å². The van der Waals surface area contributed by atoms with Crippen molar-refractivity contribution in [1.29, 1.82) is 0 Å². The van der Waals surface area contributed by atoms with Crippen LogP contribution in [0.25, 0.3) is 0 Å². The Kier molecular flexibility index (Phi) is 2.65. The van der Waals surface area contributed by atoms with E-state index in [1.54, 1.807) is 0 Å². The Bertz CT molecular complexity index is 257. The molecule has 1 aliphatic rings. The highest BCUT2D eigenvalue weighted by molar-refractivity contribution is 5.94. The van der Waals surface area contributed by atoms with E-state index >= 15 is 0 Å². The molecule has 13 heavy (non-hydrogen) atoms. The SMILES string of the molecule is COC(=O)[C@H]1CC(=O)C[C@H]1C(=O)O. The Labute approximate surface area is 74.7 Å². The number of esters is 1. The number of carbonyl (C=O) groups is 3. The van der Waals surface area contributed by atoms with Gasteiger partial charge in [-0.2, -0.15) is 0 Å². The summed E-state index contributed by atoms with van der Waals surface area (Å²) in [5.41, 5.74) is 0. The van der Waals surface area contributed by atoms with Crippen molar-refractivity contribution in [3.05, 3.63) is 0 Å². The van der Waals surface area contributed by atoms with Crippen LogP contribution < -0.4 is 0 Å². The first-order valence-corrected chi connectivity index (χ1v) is 3.88. The number of hydrogen-bond acceptors (Lipinski definition) is 4. The molecule has 0 spiro atoms. The van der Waals surface area contributed by atoms with Crippen molar-refractivity contribution in [1.82, 2.24) is 0 Å². The Morgan fingerprint density at radius 2 is 1.92 bits per heavy atom. The molecule has 1 fully saturated rings. The maximum Gasteiger partial charge on any atom is 0.309 e. The molecular weight excluding hydrogens is 176 g/mol. The molecule has 0 radical (unpaired) electrons. The Balaban J connectivity index is 2.77. The van der Waals surface area contributed by atoms with Gasteiger partial charge in [-0.05, 0) is 0 Å². The molecule has 0 aliphatic heterocycles. The summed E-state index contributed by atoms with van der Waals surface area (Å²) in [6.45, 7) is 0. The normalized spacial score (nSPS) is 27.3. The molecule has 0 aromatic carbocycles. The summed E-state index contributed by atoms with van der Waals surface area (Å²) in [5.74, 6) is -3.61. The van der Waals surface area contributed by atoms with Gasteiger partial charge in [-0.15, -0.1) is 0 Å². The highest BCUT2D eigenvalue weighted by atomic mass is 16.5. The van der Waals surface area contributed by atoms with Crippen molar-refractivity contribution >= 4 is 17.7 Å². The molecular formula is C8H10O5. The van der Waals surface area contributed by atoms with Crippen LogP contribution in [-0.2, 0) is 19.1 Å². The van der Waals surface area contributed by atoms with Gasteiger partial charge in [0.05, 0.1) is 18.9 Å². The Hall–Kier alpha value is -1.39. The number of Topliss-reactive ketones (excluding diaryl/α,β-unsaturated/α-hetero) is 1. The van der Waals surface area contributed by atoms with Crippen LogP contribution in [0.2, 0.25) is 0 Å².